The van der Waals surface area contributed by atoms with E-state index in [-0.39, 0.29) is 5.41 Å². The van der Waals surface area contributed by atoms with Crippen LogP contribution in [0.3, 0.4) is 0 Å². The van der Waals surface area contributed by atoms with E-state index < -0.39 is 6.10 Å². The van der Waals surface area contributed by atoms with Gasteiger partial charge in [-0.2, -0.15) is 5.10 Å². The van der Waals surface area contributed by atoms with Crippen LogP contribution in [0, 0.1) is 0 Å². The van der Waals surface area contributed by atoms with Crippen LogP contribution in [0.4, 0.5) is 0 Å². The van der Waals surface area contributed by atoms with Crippen LogP contribution in [0.25, 0.3) is 0 Å². The Balaban J connectivity index is 2.25. The molecule has 0 aliphatic heterocycles. The molecule has 5 heteroatoms. The summed E-state index contributed by atoms with van der Waals surface area (Å²) < 4.78 is 2.70. The Morgan fingerprint density at radius 1 is 1.35 bits per heavy atom. The number of aromatic nitrogens is 3. The molecule has 108 valence electrons. The maximum Gasteiger partial charge on any atom is 0.0878 e. The van der Waals surface area contributed by atoms with Crippen molar-refractivity contribution in [1.82, 2.24) is 14.8 Å². The van der Waals surface area contributed by atoms with Crippen LogP contribution in [0.1, 0.15) is 43.8 Å². The van der Waals surface area contributed by atoms with E-state index in [2.05, 4.69) is 46.8 Å². The first-order valence-electron chi connectivity index (χ1n) is 6.60. The van der Waals surface area contributed by atoms with Crippen molar-refractivity contribution >= 4 is 15.9 Å². The van der Waals surface area contributed by atoms with Gasteiger partial charge in [-0.25, -0.2) is 0 Å². The van der Waals surface area contributed by atoms with E-state index in [1.807, 2.05) is 25.4 Å². The number of nitrogens with zero attached hydrogens (tertiary/aromatic N) is 3. The molecule has 1 unspecified atom stereocenters. The van der Waals surface area contributed by atoms with Crippen LogP contribution in [0.15, 0.2) is 29.0 Å². The second kappa shape index (κ2) is 5.66. The molecular formula is C15H20BrN3O. The lowest BCUT2D eigenvalue weighted by atomic mass is 9.87. The summed E-state index contributed by atoms with van der Waals surface area (Å²) in [5.74, 6) is 0. The van der Waals surface area contributed by atoms with Gasteiger partial charge in [-0.15, -0.1) is 0 Å². The standard InChI is InChI=1S/C15H20BrN3O/c1-15(2,3)14-12(9-19(4)18-14)13(20)7-11-6-5-10(16)8-17-11/h5-6,8-9,13,20H,7H2,1-4H3. The van der Waals surface area contributed by atoms with E-state index in [9.17, 15) is 5.11 Å². The van der Waals surface area contributed by atoms with Gasteiger partial charge in [0.2, 0.25) is 0 Å². The van der Waals surface area contributed by atoms with Gasteiger partial charge in [-0.3, -0.25) is 9.67 Å². The summed E-state index contributed by atoms with van der Waals surface area (Å²) in [5.41, 5.74) is 2.59. The third kappa shape index (κ3) is 3.46. The molecular weight excluding hydrogens is 318 g/mol. The molecule has 0 radical (unpaired) electrons. The summed E-state index contributed by atoms with van der Waals surface area (Å²) in [6, 6.07) is 3.85. The van der Waals surface area contributed by atoms with Gasteiger partial charge in [-0.05, 0) is 28.1 Å². The Bertz CT molecular complexity index is 584. The molecule has 0 bridgehead atoms. The second-order valence-electron chi connectivity index (χ2n) is 6.04. The van der Waals surface area contributed by atoms with Crippen LogP contribution in [-0.4, -0.2) is 19.9 Å². The Labute approximate surface area is 128 Å². The van der Waals surface area contributed by atoms with Crippen molar-refractivity contribution < 1.29 is 5.11 Å². The topological polar surface area (TPSA) is 50.9 Å². The molecule has 0 aliphatic rings. The Morgan fingerprint density at radius 2 is 2.05 bits per heavy atom. The molecule has 0 aromatic carbocycles. The lowest BCUT2D eigenvalue weighted by Crippen LogP contribution is -2.17. The predicted molar refractivity (Wildman–Crippen MR) is 82.5 cm³/mol. The van der Waals surface area contributed by atoms with E-state index in [0.717, 1.165) is 21.4 Å². The van der Waals surface area contributed by atoms with Gasteiger partial charge in [0.05, 0.1) is 11.8 Å². The minimum atomic E-state index is -0.591. The Hall–Kier alpha value is -1.20. The summed E-state index contributed by atoms with van der Waals surface area (Å²) in [4.78, 5) is 4.31. The number of pyridine rings is 1. The lowest BCUT2D eigenvalue weighted by molar-refractivity contribution is 0.174. The average molecular weight is 338 g/mol. The van der Waals surface area contributed by atoms with Crippen molar-refractivity contribution in [3.8, 4) is 0 Å². The molecule has 1 atom stereocenters. The lowest BCUT2D eigenvalue weighted by Gasteiger charge is -2.19. The van der Waals surface area contributed by atoms with Crippen molar-refractivity contribution in [3.63, 3.8) is 0 Å². The minimum absolute atomic E-state index is 0.0925. The molecule has 0 amide bonds. The van der Waals surface area contributed by atoms with Gasteiger partial charge in [0.25, 0.3) is 0 Å². The van der Waals surface area contributed by atoms with Crippen LogP contribution >= 0.6 is 15.9 Å². The molecule has 0 saturated carbocycles. The predicted octanol–water partition coefficient (Wildman–Crippen LogP) is 3.15. The quantitative estimate of drug-likeness (QED) is 0.935. The number of hydrogen-bond donors (Lipinski definition) is 1. The summed E-state index contributed by atoms with van der Waals surface area (Å²) in [7, 11) is 1.88. The largest absolute Gasteiger partial charge is 0.388 e. The van der Waals surface area contributed by atoms with Crippen molar-refractivity contribution in [1.29, 1.82) is 0 Å². The second-order valence-corrected chi connectivity index (χ2v) is 6.96. The zero-order valence-corrected chi connectivity index (χ0v) is 13.8. The van der Waals surface area contributed by atoms with Gasteiger partial charge in [0.1, 0.15) is 0 Å². The van der Waals surface area contributed by atoms with E-state index in [4.69, 9.17) is 0 Å². The van der Waals surface area contributed by atoms with Crippen molar-refractivity contribution in [2.45, 2.75) is 38.7 Å². The molecule has 2 heterocycles. The van der Waals surface area contributed by atoms with Crippen LogP contribution in [0.5, 0.6) is 0 Å². The fourth-order valence-corrected chi connectivity index (χ4v) is 2.40. The SMILES string of the molecule is Cn1cc(C(O)Cc2ccc(Br)cn2)c(C(C)(C)C)n1. The first-order chi connectivity index (χ1) is 9.27. The molecule has 20 heavy (non-hydrogen) atoms. The number of halogens is 1. The summed E-state index contributed by atoms with van der Waals surface area (Å²) >= 11 is 3.36. The number of aliphatic hydroxyl groups is 1. The van der Waals surface area contributed by atoms with Gasteiger partial charge >= 0.3 is 0 Å². The Morgan fingerprint density at radius 3 is 2.60 bits per heavy atom. The highest BCUT2D eigenvalue weighted by Crippen LogP contribution is 2.29. The monoisotopic (exact) mass is 337 g/mol. The normalized spacial score (nSPS) is 13.5. The maximum absolute atomic E-state index is 10.5. The highest BCUT2D eigenvalue weighted by molar-refractivity contribution is 9.10. The fraction of sp³-hybridized carbons (Fsp3) is 0.467. The smallest absolute Gasteiger partial charge is 0.0878 e. The van der Waals surface area contributed by atoms with Crippen molar-refractivity contribution in [2.24, 2.45) is 7.05 Å². The summed E-state index contributed by atoms with van der Waals surface area (Å²) in [6.45, 7) is 6.30. The molecule has 2 rings (SSSR count). The number of aryl methyl sites for hydroxylation is 1. The summed E-state index contributed by atoms with van der Waals surface area (Å²) in [5, 5.41) is 15.0. The van der Waals surface area contributed by atoms with E-state index in [0.29, 0.717) is 6.42 Å². The third-order valence-electron chi connectivity index (χ3n) is 3.12. The Kier molecular flexibility index (Phi) is 4.30. The number of hydrogen-bond acceptors (Lipinski definition) is 3. The number of rotatable bonds is 3. The first kappa shape index (κ1) is 15.2. The van der Waals surface area contributed by atoms with Gasteiger partial charge in [0.15, 0.2) is 0 Å². The van der Waals surface area contributed by atoms with E-state index in [1.54, 1.807) is 10.9 Å². The van der Waals surface area contributed by atoms with Crippen molar-refractivity contribution in [3.05, 3.63) is 46.0 Å². The molecule has 2 aromatic heterocycles. The highest BCUT2D eigenvalue weighted by Gasteiger charge is 2.25. The highest BCUT2D eigenvalue weighted by atomic mass is 79.9. The molecule has 0 fully saturated rings. The molecule has 1 N–H and O–H groups in total. The van der Waals surface area contributed by atoms with Gasteiger partial charge in [-0.1, -0.05) is 20.8 Å². The maximum atomic E-state index is 10.5. The molecule has 0 aliphatic carbocycles. The van der Waals surface area contributed by atoms with E-state index >= 15 is 0 Å². The first-order valence-corrected chi connectivity index (χ1v) is 7.39. The molecule has 2 aromatic rings. The third-order valence-corrected chi connectivity index (χ3v) is 3.59. The van der Waals surface area contributed by atoms with Gasteiger partial charge in [0, 0.05) is 47.0 Å². The minimum Gasteiger partial charge on any atom is -0.388 e. The molecule has 0 spiro atoms. The van der Waals surface area contributed by atoms with E-state index in [1.165, 1.54) is 0 Å². The zero-order valence-electron chi connectivity index (χ0n) is 12.3. The van der Waals surface area contributed by atoms with Crippen LogP contribution in [0.2, 0.25) is 0 Å². The zero-order chi connectivity index (χ0) is 14.9. The van der Waals surface area contributed by atoms with Crippen molar-refractivity contribution in [2.75, 3.05) is 0 Å². The number of aliphatic hydroxyl groups excluding tert-OH is 1. The molecule has 4 nitrogen and oxygen atoms in total. The summed E-state index contributed by atoms with van der Waals surface area (Å²) in [6.07, 6.45) is 3.54. The molecule has 0 saturated heterocycles. The van der Waals surface area contributed by atoms with Crippen LogP contribution in [-0.2, 0) is 18.9 Å². The van der Waals surface area contributed by atoms with Crippen LogP contribution < -0.4 is 0 Å². The fourth-order valence-electron chi connectivity index (χ4n) is 2.17. The van der Waals surface area contributed by atoms with Gasteiger partial charge < -0.3 is 5.11 Å². The average Bonchev–Trinajstić information content (AvgIpc) is 2.74.